The van der Waals surface area contributed by atoms with E-state index in [1.165, 1.54) is 0 Å². The Morgan fingerprint density at radius 3 is 2.32 bits per heavy atom. The van der Waals surface area contributed by atoms with Gasteiger partial charge >= 0.3 is 0 Å². The van der Waals surface area contributed by atoms with Crippen molar-refractivity contribution in [3.8, 4) is 0 Å². The zero-order valence-electron chi connectivity index (χ0n) is 19.3. The van der Waals surface area contributed by atoms with Crippen LogP contribution in [0.2, 0.25) is 0 Å². The van der Waals surface area contributed by atoms with Crippen LogP contribution in [-0.2, 0) is 31.7 Å². The standard InChI is InChI=1S/C27H28N2O4S/c1-19-14-29(15-20(2)33-19)27(30)17-28-16-26(24-12-5-6-13-25(24)28)34(31,32)18-22-10-7-9-21-8-3-4-11-23(21)22/h3-13,16,19-20H,14-15,17-18H2,1-2H3. The van der Waals surface area contributed by atoms with Crippen LogP contribution < -0.4 is 0 Å². The van der Waals surface area contributed by atoms with Gasteiger partial charge in [0.15, 0.2) is 9.84 Å². The summed E-state index contributed by atoms with van der Waals surface area (Å²) in [5.41, 5.74) is 1.50. The molecule has 1 fully saturated rings. The lowest BCUT2D eigenvalue weighted by atomic mass is 10.1. The van der Waals surface area contributed by atoms with Crippen LogP contribution in [0.4, 0.5) is 0 Å². The lowest BCUT2D eigenvalue weighted by Gasteiger charge is -2.35. The molecule has 1 saturated heterocycles. The van der Waals surface area contributed by atoms with Crippen molar-refractivity contribution in [2.75, 3.05) is 13.1 Å². The number of fused-ring (bicyclic) bond motifs is 2. The maximum absolute atomic E-state index is 13.6. The Labute approximate surface area is 199 Å². The zero-order valence-corrected chi connectivity index (χ0v) is 20.2. The van der Waals surface area contributed by atoms with Gasteiger partial charge in [-0.3, -0.25) is 4.79 Å². The van der Waals surface area contributed by atoms with Gasteiger partial charge in [-0.15, -0.1) is 0 Å². The van der Waals surface area contributed by atoms with Crippen molar-refractivity contribution in [1.29, 1.82) is 0 Å². The van der Waals surface area contributed by atoms with Crippen LogP contribution in [0.25, 0.3) is 21.7 Å². The molecule has 4 aromatic rings. The number of sulfone groups is 1. The van der Waals surface area contributed by atoms with Crippen molar-refractivity contribution < 1.29 is 17.9 Å². The summed E-state index contributed by atoms with van der Waals surface area (Å²) >= 11 is 0. The molecule has 7 heteroatoms. The fraction of sp³-hybridized carbons (Fsp3) is 0.296. The van der Waals surface area contributed by atoms with E-state index in [2.05, 4.69) is 0 Å². The molecule has 6 nitrogen and oxygen atoms in total. The molecule has 1 aromatic heterocycles. The van der Waals surface area contributed by atoms with Crippen LogP contribution >= 0.6 is 0 Å². The van der Waals surface area contributed by atoms with E-state index in [4.69, 9.17) is 4.74 Å². The molecule has 0 radical (unpaired) electrons. The molecule has 1 aliphatic heterocycles. The molecule has 0 spiro atoms. The average Bonchev–Trinajstić information content (AvgIpc) is 3.18. The first kappa shape index (κ1) is 22.6. The first-order valence-electron chi connectivity index (χ1n) is 11.5. The number of benzene rings is 3. The number of aromatic nitrogens is 1. The second kappa shape index (κ2) is 8.89. The topological polar surface area (TPSA) is 68.6 Å². The fourth-order valence-electron chi connectivity index (χ4n) is 4.92. The highest BCUT2D eigenvalue weighted by molar-refractivity contribution is 7.91. The number of rotatable bonds is 5. The molecule has 2 heterocycles. The van der Waals surface area contributed by atoms with Gasteiger partial charge in [0, 0.05) is 30.2 Å². The van der Waals surface area contributed by atoms with Crippen LogP contribution in [0.3, 0.4) is 0 Å². The normalized spacial score (nSPS) is 19.1. The SMILES string of the molecule is CC1CN(C(=O)Cn2cc(S(=O)(=O)Cc3cccc4ccccc34)c3ccccc32)CC(C)O1. The number of nitrogens with zero attached hydrogens (tertiary/aromatic N) is 2. The fourth-order valence-corrected chi connectivity index (χ4v) is 6.53. The molecule has 1 amide bonds. The molecule has 3 aromatic carbocycles. The first-order chi connectivity index (χ1) is 16.3. The number of para-hydroxylation sites is 1. The second-order valence-corrected chi connectivity index (χ2v) is 11.0. The van der Waals surface area contributed by atoms with Crippen LogP contribution in [0.1, 0.15) is 19.4 Å². The predicted molar refractivity (Wildman–Crippen MR) is 133 cm³/mol. The van der Waals surface area contributed by atoms with E-state index in [1.807, 2.05) is 80.6 Å². The number of ether oxygens (including phenoxy) is 1. The van der Waals surface area contributed by atoms with Gasteiger partial charge in [0.2, 0.25) is 5.91 Å². The summed E-state index contributed by atoms with van der Waals surface area (Å²) in [5, 5.41) is 2.58. The van der Waals surface area contributed by atoms with Gasteiger partial charge in [-0.1, -0.05) is 60.7 Å². The van der Waals surface area contributed by atoms with E-state index in [1.54, 1.807) is 15.7 Å². The molecule has 1 aliphatic rings. The summed E-state index contributed by atoms with van der Waals surface area (Å²) in [7, 11) is -3.65. The van der Waals surface area contributed by atoms with Gasteiger partial charge in [-0.05, 0) is 36.2 Å². The molecule has 2 atom stereocenters. The van der Waals surface area contributed by atoms with Gasteiger partial charge in [0.05, 0.1) is 22.9 Å². The summed E-state index contributed by atoms with van der Waals surface area (Å²) in [5.74, 6) is -0.143. The third kappa shape index (κ3) is 4.33. The van der Waals surface area contributed by atoms with Crippen LogP contribution in [0.15, 0.2) is 77.8 Å². The Morgan fingerprint density at radius 2 is 1.56 bits per heavy atom. The van der Waals surface area contributed by atoms with Crippen molar-refractivity contribution in [3.05, 3.63) is 78.5 Å². The second-order valence-electron chi connectivity index (χ2n) is 9.09. The number of carbonyl (C=O) groups excluding carboxylic acids is 1. The van der Waals surface area contributed by atoms with Crippen LogP contribution in [0, 0.1) is 0 Å². The number of amides is 1. The van der Waals surface area contributed by atoms with Crippen LogP contribution in [0.5, 0.6) is 0 Å². The highest BCUT2D eigenvalue weighted by Gasteiger charge is 2.27. The number of carbonyl (C=O) groups is 1. The van der Waals surface area contributed by atoms with Crippen molar-refractivity contribution in [2.24, 2.45) is 0 Å². The van der Waals surface area contributed by atoms with E-state index in [0.29, 0.717) is 18.5 Å². The summed E-state index contributed by atoms with van der Waals surface area (Å²) in [6.07, 6.45) is 1.58. The highest BCUT2D eigenvalue weighted by atomic mass is 32.2. The molecule has 176 valence electrons. The molecule has 5 rings (SSSR count). The minimum Gasteiger partial charge on any atom is -0.372 e. The molecule has 34 heavy (non-hydrogen) atoms. The number of hydrogen-bond acceptors (Lipinski definition) is 4. The Morgan fingerprint density at radius 1 is 0.912 bits per heavy atom. The molecular weight excluding hydrogens is 448 g/mol. The van der Waals surface area contributed by atoms with Crippen LogP contribution in [-0.4, -0.2) is 49.1 Å². The third-order valence-electron chi connectivity index (χ3n) is 6.39. The Hall–Kier alpha value is -3.16. The Balaban J connectivity index is 1.49. The molecule has 2 unspecified atom stereocenters. The average molecular weight is 477 g/mol. The van der Waals surface area contributed by atoms with Gasteiger partial charge in [0.25, 0.3) is 0 Å². The highest BCUT2D eigenvalue weighted by Crippen LogP contribution is 2.30. The van der Waals surface area contributed by atoms with Gasteiger partial charge in [0.1, 0.15) is 6.54 Å². The van der Waals surface area contributed by atoms with E-state index >= 15 is 0 Å². The number of hydrogen-bond donors (Lipinski definition) is 0. The lowest BCUT2D eigenvalue weighted by Crippen LogP contribution is -2.49. The largest absolute Gasteiger partial charge is 0.372 e. The predicted octanol–water partition coefficient (Wildman–Crippen LogP) is 4.40. The Kier molecular flexibility index (Phi) is 5.91. The summed E-state index contributed by atoms with van der Waals surface area (Å²) in [6.45, 7) is 5.07. The third-order valence-corrected chi connectivity index (χ3v) is 8.08. The first-order valence-corrected chi connectivity index (χ1v) is 13.2. The molecular formula is C27H28N2O4S. The van der Waals surface area contributed by atoms with E-state index < -0.39 is 9.84 Å². The quantitative estimate of drug-likeness (QED) is 0.428. The van der Waals surface area contributed by atoms with Gasteiger partial charge in [-0.2, -0.15) is 0 Å². The van der Waals surface area contributed by atoms with Gasteiger partial charge < -0.3 is 14.2 Å². The lowest BCUT2D eigenvalue weighted by molar-refractivity contribution is -0.143. The van der Waals surface area contributed by atoms with Crippen molar-refractivity contribution >= 4 is 37.4 Å². The molecule has 0 bridgehead atoms. The maximum Gasteiger partial charge on any atom is 0.242 e. The molecule has 0 N–H and O–H groups in total. The maximum atomic E-state index is 13.6. The monoisotopic (exact) mass is 476 g/mol. The van der Waals surface area contributed by atoms with Crippen molar-refractivity contribution in [3.63, 3.8) is 0 Å². The summed E-state index contributed by atoms with van der Waals surface area (Å²) in [6, 6.07) is 20.9. The van der Waals surface area contributed by atoms with Crippen molar-refractivity contribution in [1.82, 2.24) is 9.47 Å². The smallest absolute Gasteiger partial charge is 0.242 e. The molecule has 0 saturated carbocycles. The van der Waals surface area contributed by atoms with E-state index in [-0.39, 0.29) is 35.3 Å². The Bertz CT molecular complexity index is 1460. The summed E-state index contributed by atoms with van der Waals surface area (Å²) < 4.78 is 34.7. The van der Waals surface area contributed by atoms with E-state index in [9.17, 15) is 13.2 Å². The summed E-state index contributed by atoms with van der Waals surface area (Å²) in [4.78, 5) is 15.2. The van der Waals surface area contributed by atoms with Crippen molar-refractivity contribution in [2.45, 2.75) is 43.2 Å². The number of morpholine rings is 1. The van der Waals surface area contributed by atoms with E-state index in [0.717, 1.165) is 21.9 Å². The minimum atomic E-state index is -3.65. The van der Waals surface area contributed by atoms with Gasteiger partial charge in [-0.25, -0.2) is 8.42 Å². The zero-order chi connectivity index (χ0) is 23.9. The molecule has 0 aliphatic carbocycles. The minimum absolute atomic E-state index is 0.0225.